The lowest BCUT2D eigenvalue weighted by molar-refractivity contribution is 0.0141. The number of nitrogens with zero attached hydrogens (tertiary/aromatic N) is 3. The van der Waals surface area contributed by atoms with Crippen molar-refractivity contribution in [2.75, 3.05) is 36.4 Å². The van der Waals surface area contributed by atoms with Gasteiger partial charge in [-0.05, 0) is 31.9 Å². The average molecular weight is 383 g/mol. The van der Waals surface area contributed by atoms with Crippen molar-refractivity contribution in [1.82, 2.24) is 15.3 Å². The minimum Gasteiger partial charge on any atom is -0.472 e. The van der Waals surface area contributed by atoms with Crippen LogP contribution in [0.15, 0.2) is 35.3 Å². The topological polar surface area (TPSA) is 92.5 Å². The molecular formula is C20H25N5O3. The molecule has 2 bridgehead atoms. The molecule has 3 aliphatic heterocycles. The molecule has 2 aromatic rings. The Balaban J connectivity index is 1.30. The number of furan rings is 1. The molecule has 3 saturated heterocycles. The number of carbonyl (C=O) groups is 1. The monoisotopic (exact) mass is 383 g/mol. The van der Waals surface area contributed by atoms with Crippen LogP contribution in [-0.2, 0) is 4.74 Å². The third kappa shape index (κ3) is 2.83. The van der Waals surface area contributed by atoms with Gasteiger partial charge in [-0.2, -0.15) is 4.98 Å². The second kappa shape index (κ2) is 6.77. The number of aromatic nitrogens is 2. The summed E-state index contributed by atoms with van der Waals surface area (Å²) in [6, 6.07) is 3.57. The van der Waals surface area contributed by atoms with Gasteiger partial charge in [0.1, 0.15) is 12.1 Å². The van der Waals surface area contributed by atoms with Gasteiger partial charge < -0.3 is 24.7 Å². The summed E-state index contributed by atoms with van der Waals surface area (Å²) in [5.41, 5.74) is 0.424. The van der Waals surface area contributed by atoms with E-state index in [-0.39, 0.29) is 17.6 Å². The zero-order valence-electron chi connectivity index (χ0n) is 15.9. The largest absolute Gasteiger partial charge is 0.472 e. The van der Waals surface area contributed by atoms with Crippen LogP contribution in [0.1, 0.15) is 30.1 Å². The first-order valence-electron chi connectivity index (χ1n) is 9.98. The van der Waals surface area contributed by atoms with Gasteiger partial charge in [0, 0.05) is 37.7 Å². The summed E-state index contributed by atoms with van der Waals surface area (Å²) in [5.74, 6) is 2.18. The van der Waals surface area contributed by atoms with E-state index in [1.54, 1.807) is 12.3 Å². The first-order chi connectivity index (χ1) is 13.7. The average Bonchev–Trinajstić information content (AvgIpc) is 3.47. The lowest BCUT2D eigenvalue weighted by Crippen LogP contribution is -2.41. The van der Waals surface area contributed by atoms with Gasteiger partial charge in [-0.25, -0.2) is 4.98 Å². The van der Waals surface area contributed by atoms with Gasteiger partial charge in [-0.15, -0.1) is 0 Å². The van der Waals surface area contributed by atoms with Gasteiger partial charge in [0.05, 0.1) is 30.1 Å². The number of hydrogen-bond acceptors (Lipinski definition) is 7. The number of hydrogen-bond donors (Lipinski definition) is 2. The molecule has 148 valence electrons. The standard InChI is InChI=1S/C20H25N5O3/c1-2-21-17-4-7-22-19(24-17)25-10-15-14(16-3-6-20(15,12-25)28-16)9-23-18(26)13-5-8-27-11-13/h4-5,7-8,11,14-16H,2-3,6,9-10,12H2,1H3,(H,23,26)(H,21,22,24)/t14-,15+,16+,20+/m0/s1. The van der Waals surface area contributed by atoms with E-state index in [9.17, 15) is 4.79 Å². The number of carbonyl (C=O) groups excluding carboxylic acids is 1. The lowest BCUT2D eigenvalue weighted by atomic mass is 9.73. The first-order valence-corrected chi connectivity index (χ1v) is 9.98. The molecule has 0 saturated carbocycles. The summed E-state index contributed by atoms with van der Waals surface area (Å²) < 4.78 is 11.5. The molecule has 0 aromatic carbocycles. The molecule has 28 heavy (non-hydrogen) atoms. The molecule has 3 aliphatic rings. The normalized spacial score (nSPS) is 30.5. The van der Waals surface area contributed by atoms with Crippen molar-refractivity contribution in [3.05, 3.63) is 36.4 Å². The molecule has 1 spiro atoms. The number of fused-ring (bicyclic) bond motifs is 1. The molecule has 1 amide bonds. The van der Waals surface area contributed by atoms with Crippen molar-refractivity contribution in [3.63, 3.8) is 0 Å². The lowest BCUT2D eigenvalue weighted by Gasteiger charge is -2.29. The second-order valence-electron chi connectivity index (χ2n) is 7.90. The number of rotatable bonds is 6. The summed E-state index contributed by atoms with van der Waals surface area (Å²) in [6.07, 6.45) is 7.13. The van der Waals surface area contributed by atoms with Gasteiger partial charge in [0.25, 0.3) is 5.91 Å². The summed E-state index contributed by atoms with van der Waals surface area (Å²) in [7, 11) is 0. The fourth-order valence-electron chi connectivity index (χ4n) is 5.10. The third-order valence-electron chi connectivity index (χ3n) is 6.35. The molecule has 0 radical (unpaired) electrons. The van der Waals surface area contributed by atoms with Crippen molar-refractivity contribution in [2.24, 2.45) is 11.8 Å². The fourth-order valence-corrected chi connectivity index (χ4v) is 5.10. The maximum Gasteiger partial charge on any atom is 0.254 e. The molecule has 2 aromatic heterocycles. The Hall–Kier alpha value is -2.61. The van der Waals surface area contributed by atoms with Gasteiger partial charge in [0.15, 0.2) is 0 Å². The van der Waals surface area contributed by atoms with E-state index in [4.69, 9.17) is 9.15 Å². The van der Waals surface area contributed by atoms with E-state index < -0.39 is 0 Å². The SMILES string of the molecule is CCNc1ccnc(N2C[C@@H]3[C@H](CNC(=O)c4ccoc4)[C@H]4CC[C@]3(C2)O4)n1. The van der Waals surface area contributed by atoms with Gasteiger partial charge in [0.2, 0.25) is 5.95 Å². The summed E-state index contributed by atoms with van der Waals surface area (Å²) >= 11 is 0. The van der Waals surface area contributed by atoms with Crippen molar-refractivity contribution >= 4 is 17.7 Å². The zero-order chi connectivity index (χ0) is 19.1. The van der Waals surface area contributed by atoms with Crippen LogP contribution in [0.25, 0.3) is 0 Å². The van der Waals surface area contributed by atoms with Crippen LogP contribution in [-0.4, -0.2) is 53.8 Å². The zero-order valence-corrected chi connectivity index (χ0v) is 15.9. The number of amides is 1. The Morgan fingerprint density at radius 1 is 1.43 bits per heavy atom. The van der Waals surface area contributed by atoms with Crippen LogP contribution >= 0.6 is 0 Å². The van der Waals surface area contributed by atoms with E-state index in [0.29, 0.717) is 23.9 Å². The Morgan fingerprint density at radius 3 is 3.18 bits per heavy atom. The van der Waals surface area contributed by atoms with Crippen LogP contribution in [0.4, 0.5) is 11.8 Å². The molecular weight excluding hydrogens is 358 g/mol. The molecule has 5 rings (SSSR count). The molecule has 3 fully saturated rings. The number of anilines is 2. The molecule has 2 N–H and O–H groups in total. The van der Waals surface area contributed by atoms with Gasteiger partial charge in [-0.3, -0.25) is 4.79 Å². The van der Waals surface area contributed by atoms with Crippen LogP contribution in [0.3, 0.4) is 0 Å². The number of nitrogens with one attached hydrogen (secondary N) is 2. The summed E-state index contributed by atoms with van der Waals surface area (Å²) in [4.78, 5) is 23.7. The highest BCUT2D eigenvalue weighted by atomic mass is 16.5. The highest BCUT2D eigenvalue weighted by Crippen LogP contribution is 2.55. The van der Waals surface area contributed by atoms with E-state index in [1.807, 2.05) is 6.07 Å². The first kappa shape index (κ1) is 17.5. The Kier molecular flexibility index (Phi) is 4.23. The van der Waals surface area contributed by atoms with Crippen molar-refractivity contribution in [1.29, 1.82) is 0 Å². The van der Waals surface area contributed by atoms with E-state index in [0.717, 1.165) is 44.2 Å². The Labute approximate surface area is 163 Å². The van der Waals surface area contributed by atoms with Crippen molar-refractivity contribution < 1.29 is 13.9 Å². The molecule has 8 heteroatoms. The Morgan fingerprint density at radius 2 is 2.36 bits per heavy atom. The smallest absolute Gasteiger partial charge is 0.254 e. The Bertz CT molecular complexity index is 857. The van der Waals surface area contributed by atoms with Gasteiger partial charge in [-0.1, -0.05) is 0 Å². The van der Waals surface area contributed by atoms with E-state index in [2.05, 4.69) is 32.4 Å². The van der Waals surface area contributed by atoms with Crippen LogP contribution in [0.5, 0.6) is 0 Å². The summed E-state index contributed by atoms with van der Waals surface area (Å²) in [5, 5.41) is 6.31. The van der Waals surface area contributed by atoms with Gasteiger partial charge >= 0.3 is 0 Å². The molecule has 5 heterocycles. The highest BCUT2D eigenvalue weighted by molar-refractivity contribution is 5.93. The number of ether oxygens (including phenoxy) is 1. The van der Waals surface area contributed by atoms with E-state index in [1.165, 1.54) is 12.5 Å². The van der Waals surface area contributed by atoms with Crippen LogP contribution in [0, 0.1) is 11.8 Å². The predicted octanol–water partition coefficient (Wildman–Crippen LogP) is 1.92. The maximum absolute atomic E-state index is 12.3. The predicted molar refractivity (Wildman–Crippen MR) is 103 cm³/mol. The molecule has 0 unspecified atom stereocenters. The third-order valence-corrected chi connectivity index (χ3v) is 6.35. The maximum atomic E-state index is 12.3. The van der Waals surface area contributed by atoms with Crippen LogP contribution < -0.4 is 15.5 Å². The van der Waals surface area contributed by atoms with Crippen LogP contribution in [0.2, 0.25) is 0 Å². The molecule has 4 atom stereocenters. The fraction of sp³-hybridized carbons (Fsp3) is 0.550. The quantitative estimate of drug-likeness (QED) is 0.787. The minimum absolute atomic E-state index is 0.0953. The molecule has 0 aliphatic carbocycles. The van der Waals surface area contributed by atoms with Crippen molar-refractivity contribution in [3.8, 4) is 0 Å². The second-order valence-corrected chi connectivity index (χ2v) is 7.90. The van der Waals surface area contributed by atoms with Crippen molar-refractivity contribution in [2.45, 2.75) is 31.5 Å². The minimum atomic E-state index is -0.132. The van der Waals surface area contributed by atoms with E-state index >= 15 is 0 Å². The molecule has 8 nitrogen and oxygen atoms in total. The summed E-state index contributed by atoms with van der Waals surface area (Å²) in [6.45, 7) is 5.17. The highest BCUT2D eigenvalue weighted by Gasteiger charge is 2.63.